The molecule has 0 fully saturated rings. The van der Waals surface area contributed by atoms with Crippen LogP contribution in [0, 0.1) is 0 Å². The number of hydrogen-bond acceptors (Lipinski definition) is 3. The van der Waals surface area contributed by atoms with Crippen LogP contribution in [0.15, 0.2) is 29.6 Å². The maximum absolute atomic E-state index is 12.2. The van der Waals surface area contributed by atoms with Crippen molar-refractivity contribution in [3.8, 4) is 5.75 Å². The molecule has 0 saturated heterocycles. The molecule has 2 aromatic rings. The maximum Gasteiger partial charge on any atom is 0.345 e. The highest BCUT2D eigenvalue weighted by molar-refractivity contribution is 6.42. The van der Waals surface area contributed by atoms with Gasteiger partial charge in [-0.1, -0.05) is 35.9 Å². The highest BCUT2D eigenvalue weighted by atomic mass is 35.5. The highest BCUT2D eigenvalue weighted by Crippen LogP contribution is 2.41. The van der Waals surface area contributed by atoms with Crippen LogP contribution >= 0.6 is 23.2 Å². The second kappa shape index (κ2) is 6.42. The van der Waals surface area contributed by atoms with Crippen molar-refractivity contribution in [1.82, 2.24) is 14.3 Å². The van der Waals surface area contributed by atoms with Gasteiger partial charge in [-0.2, -0.15) is 5.10 Å². The van der Waals surface area contributed by atoms with Gasteiger partial charge in [0.25, 0.3) is 0 Å². The molecular weight excluding hydrogens is 337 g/mol. The van der Waals surface area contributed by atoms with Crippen LogP contribution in [0.1, 0.15) is 24.2 Å². The van der Waals surface area contributed by atoms with E-state index in [0.29, 0.717) is 41.9 Å². The summed E-state index contributed by atoms with van der Waals surface area (Å²) in [6.45, 7) is 7.03. The van der Waals surface area contributed by atoms with Gasteiger partial charge in [-0.15, -0.1) is 0 Å². The Kier molecular flexibility index (Phi) is 4.50. The van der Waals surface area contributed by atoms with E-state index in [0.717, 1.165) is 11.4 Å². The molecule has 5 nitrogen and oxygen atoms in total. The van der Waals surface area contributed by atoms with Gasteiger partial charge in [-0.05, 0) is 19.1 Å². The van der Waals surface area contributed by atoms with Crippen LogP contribution in [-0.2, 0) is 19.5 Å². The first-order valence-corrected chi connectivity index (χ1v) is 8.20. The van der Waals surface area contributed by atoms with E-state index < -0.39 is 0 Å². The summed E-state index contributed by atoms with van der Waals surface area (Å²) in [4.78, 5) is 12.2. The SMILES string of the molecule is C=CCOc1ccc(Cl)c(Cl)c1[C@@H]1Cc2nn(CC)c(=O)n2C1. The topological polar surface area (TPSA) is 49.1 Å². The minimum atomic E-state index is -0.0864. The molecule has 3 rings (SSSR count). The van der Waals surface area contributed by atoms with Gasteiger partial charge in [0.15, 0.2) is 0 Å². The van der Waals surface area contributed by atoms with E-state index in [2.05, 4.69) is 11.7 Å². The van der Waals surface area contributed by atoms with Crippen LogP contribution in [0.5, 0.6) is 5.75 Å². The minimum absolute atomic E-state index is 0.0164. The number of ether oxygens (including phenoxy) is 1. The number of nitrogens with zero attached hydrogens (tertiary/aromatic N) is 3. The van der Waals surface area contributed by atoms with Crippen LogP contribution in [-0.4, -0.2) is 21.0 Å². The first-order valence-electron chi connectivity index (χ1n) is 7.44. The number of benzene rings is 1. The van der Waals surface area contributed by atoms with E-state index in [4.69, 9.17) is 27.9 Å². The van der Waals surface area contributed by atoms with Crippen LogP contribution in [0.3, 0.4) is 0 Å². The van der Waals surface area contributed by atoms with E-state index >= 15 is 0 Å². The summed E-state index contributed by atoms with van der Waals surface area (Å²) in [6, 6.07) is 3.52. The Bertz CT molecular complexity index is 810. The number of hydrogen-bond donors (Lipinski definition) is 0. The summed E-state index contributed by atoms with van der Waals surface area (Å²) in [6.07, 6.45) is 2.30. The molecule has 23 heavy (non-hydrogen) atoms. The van der Waals surface area contributed by atoms with Gasteiger partial charge in [0.1, 0.15) is 18.2 Å². The lowest BCUT2D eigenvalue weighted by Gasteiger charge is -2.18. The second-order valence-corrected chi connectivity index (χ2v) is 6.18. The Morgan fingerprint density at radius 3 is 2.91 bits per heavy atom. The Hall–Kier alpha value is -1.72. The van der Waals surface area contributed by atoms with Crippen molar-refractivity contribution in [1.29, 1.82) is 0 Å². The van der Waals surface area contributed by atoms with Gasteiger partial charge in [0.2, 0.25) is 0 Å². The van der Waals surface area contributed by atoms with Crippen molar-refractivity contribution in [3.63, 3.8) is 0 Å². The summed E-state index contributed by atoms with van der Waals surface area (Å²) in [7, 11) is 0. The van der Waals surface area contributed by atoms with E-state index in [9.17, 15) is 4.79 Å². The molecule has 0 amide bonds. The summed E-state index contributed by atoms with van der Waals surface area (Å²) in [5.74, 6) is 1.46. The number of aromatic nitrogens is 3. The highest BCUT2D eigenvalue weighted by Gasteiger charge is 2.31. The zero-order chi connectivity index (χ0) is 16.6. The fourth-order valence-electron chi connectivity index (χ4n) is 2.93. The van der Waals surface area contributed by atoms with Crippen LogP contribution in [0.4, 0.5) is 0 Å². The molecule has 0 bridgehead atoms. The average molecular weight is 354 g/mol. The minimum Gasteiger partial charge on any atom is -0.489 e. The zero-order valence-electron chi connectivity index (χ0n) is 12.8. The lowest BCUT2D eigenvalue weighted by atomic mass is 9.96. The molecule has 0 aliphatic carbocycles. The van der Waals surface area contributed by atoms with Crippen molar-refractivity contribution in [3.05, 3.63) is 56.7 Å². The fraction of sp³-hybridized carbons (Fsp3) is 0.375. The lowest BCUT2D eigenvalue weighted by Crippen LogP contribution is -2.24. The van der Waals surface area contributed by atoms with Crippen molar-refractivity contribution >= 4 is 23.2 Å². The zero-order valence-corrected chi connectivity index (χ0v) is 14.3. The van der Waals surface area contributed by atoms with Crippen molar-refractivity contribution < 1.29 is 4.74 Å². The van der Waals surface area contributed by atoms with Gasteiger partial charge >= 0.3 is 5.69 Å². The molecule has 0 spiro atoms. The third-order valence-corrected chi connectivity index (χ3v) is 4.81. The molecule has 0 radical (unpaired) electrons. The van der Waals surface area contributed by atoms with Gasteiger partial charge in [-0.3, -0.25) is 4.57 Å². The molecule has 0 N–H and O–H groups in total. The van der Waals surface area contributed by atoms with Crippen molar-refractivity contribution in [2.24, 2.45) is 0 Å². The van der Waals surface area contributed by atoms with Gasteiger partial charge in [0.05, 0.1) is 10.0 Å². The predicted molar refractivity (Wildman–Crippen MR) is 90.8 cm³/mol. The maximum atomic E-state index is 12.2. The third kappa shape index (κ3) is 2.79. The molecule has 122 valence electrons. The van der Waals surface area contributed by atoms with E-state index in [1.807, 2.05) is 6.92 Å². The average Bonchev–Trinajstić information content (AvgIpc) is 3.07. The normalized spacial score (nSPS) is 16.4. The molecule has 2 heterocycles. The molecule has 1 atom stereocenters. The van der Waals surface area contributed by atoms with Crippen molar-refractivity contribution in [2.75, 3.05) is 6.61 Å². The first kappa shape index (κ1) is 16.1. The molecule has 1 aromatic carbocycles. The monoisotopic (exact) mass is 353 g/mol. The smallest absolute Gasteiger partial charge is 0.345 e. The molecule has 1 aliphatic heterocycles. The van der Waals surface area contributed by atoms with Gasteiger partial charge < -0.3 is 4.74 Å². The summed E-state index contributed by atoms with van der Waals surface area (Å²) in [5.41, 5.74) is 0.741. The summed E-state index contributed by atoms with van der Waals surface area (Å²) in [5, 5.41) is 5.31. The standard InChI is InChI=1S/C16H17Cl2N3O2/c1-3-7-23-12-6-5-11(17)15(18)14(12)10-8-13-19-21(4-2)16(22)20(13)9-10/h3,5-6,10H,1,4,7-9H2,2H3/t10-/m1/s1. The van der Waals surface area contributed by atoms with Gasteiger partial charge in [0, 0.05) is 31.0 Å². The Morgan fingerprint density at radius 1 is 1.48 bits per heavy atom. The molecule has 0 saturated carbocycles. The quantitative estimate of drug-likeness (QED) is 0.775. The third-order valence-electron chi connectivity index (χ3n) is 3.99. The van der Waals surface area contributed by atoms with Crippen LogP contribution in [0.2, 0.25) is 10.0 Å². The van der Waals surface area contributed by atoms with E-state index in [1.165, 1.54) is 4.68 Å². The number of rotatable bonds is 5. The number of aryl methyl sites for hydroxylation is 1. The van der Waals surface area contributed by atoms with E-state index in [1.54, 1.807) is 22.8 Å². The number of fused-ring (bicyclic) bond motifs is 1. The Balaban J connectivity index is 1.98. The fourth-order valence-corrected chi connectivity index (χ4v) is 3.40. The molecular formula is C16H17Cl2N3O2. The summed E-state index contributed by atoms with van der Waals surface area (Å²) < 4.78 is 8.88. The van der Waals surface area contributed by atoms with Gasteiger partial charge in [-0.25, -0.2) is 9.48 Å². The predicted octanol–water partition coefficient (Wildman–Crippen LogP) is 3.28. The summed E-state index contributed by atoms with van der Waals surface area (Å²) >= 11 is 12.6. The van der Waals surface area contributed by atoms with Crippen molar-refractivity contribution in [2.45, 2.75) is 32.4 Å². The van der Waals surface area contributed by atoms with Crippen LogP contribution in [0.25, 0.3) is 0 Å². The Morgan fingerprint density at radius 2 is 2.26 bits per heavy atom. The molecule has 1 aromatic heterocycles. The van der Waals surface area contributed by atoms with E-state index in [-0.39, 0.29) is 11.6 Å². The first-order chi connectivity index (χ1) is 11.1. The lowest BCUT2D eigenvalue weighted by molar-refractivity contribution is 0.355. The molecule has 7 heteroatoms. The molecule has 1 aliphatic rings. The Labute approximate surface area is 144 Å². The van der Waals surface area contributed by atoms with Crippen LogP contribution < -0.4 is 10.4 Å². The second-order valence-electron chi connectivity index (χ2n) is 5.40. The number of halogens is 2. The largest absolute Gasteiger partial charge is 0.489 e. The molecule has 0 unspecified atom stereocenters.